The molecule has 0 unspecified atom stereocenters. The number of carbonyl (C=O) groups excluding carboxylic acids is 1. The Kier molecular flexibility index (Phi) is 5.98. The van der Waals surface area contributed by atoms with Gasteiger partial charge in [0.1, 0.15) is 17.3 Å². The number of nitrogens with two attached hydrogens (primary N) is 1. The summed E-state index contributed by atoms with van der Waals surface area (Å²) in [5.41, 5.74) is 3.58. The summed E-state index contributed by atoms with van der Waals surface area (Å²) in [6, 6.07) is 8.82. The topological polar surface area (TPSA) is 115 Å². The molecule has 2 aromatic carbocycles. The molecule has 0 spiro atoms. The molecular weight excluding hydrogens is 518 g/mol. The summed E-state index contributed by atoms with van der Waals surface area (Å²) in [6.07, 6.45) is -9.79. The molecule has 15 heteroatoms. The SMILES string of the molecule is NC(=O)c1cccc2c1N(S(=O)(=O)c1ccc(OC(F)(F)F)cc1)Cc1ccc(C(F)(F)F)nc1N2. The molecular formula is C21H14F6N4O4S. The fraction of sp³-hybridized carbons (Fsp3) is 0.143. The van der Waals surface area contributed by atoms with Crippen molar-refractivity contribution in [3.8, 4) is 5.75 Å². The van der Waals surface area contributed by atoms with E-state index in [9.17, 15) is 39.6 Å². The maximum atomic E-state index is 13.6. The van der Waals surface area contributed by atoms with Gasteiger partial charge in [-0.15, -0.1) is 13.2 Å². The van der Waals surface area contributed by atoms with Crippen molar-refractivity contribution in [2.45, 2.75) is 24.0 Å². The van der Waals surface area contributed by atoms with Crippen LogP contribution in [0.25, 0.3) is 0 Å². The molecule has 0 saturated carbocycles. The number of benzene rings is 2. The van der Waals surface area contributed by atoms with Crippen LogP contribution in [0.4, 0.5) is 43.5 Å². The highest BCUT2D eigenvalue weighted by Gasteiger charge is 2.37. The maximum Gasteiger partial charge on any atom is 0.573 e. The summed E-state index contributed by atoms with van der Waals surface area (Å²) in [6.45, 7) is -0.575. The quantitative estimate of drug-likeness (QED) is 0.477. The Balaban J connectivity index is 1.87. The Bertz CT molecular complexity index is 1440. The molecule has 0 radical (unpaired) electrons. The van der Waals surface area contributed by atoms with E-state index in [0.717, 1.165) is 34.6 Å². The van der Waals surface area contributed by atoms with Gasteiger partial charge < -0.3 is 15.8 Å². The van der Waals surface area contributed by atoms with E-state index in [1.165, 1.54) is 18.2 Å². The van der Waals surface area contributed by atoms with Gasteiger partial charge >= 0.3 is 12.5 Å². The summed E-state index contributed by atoms with van der Waals surface area (Å²) >= 11 is 0. The number of halogens is 6. The second kappa shape index (κ2) is 8.58. The van der Waals surface area contributed by atoms with Gasteiger partial charge in [-0.1, -0.05) is 12.1 Å². The van der Waals surface area contributed by atoms with E-state index in [4.69, 9.17) is 5.73 Å². The van der Waals surface area contributed by atoms with Crippen molar-refractivity contribution in [2.75, 3.05) is 9.62 Å². The zero-order valence-electron chi connectivity index (χ0n) is 17.7. The summed E-state index contributed by atoms with van der Waals surface area (Å²) in [5.74, 6) is -2.01. The molecule has 0 fully saturated rings. The molecule has 0 atom stereocenters. The fourth-order valence-electron chi connectivity index (χ4n) is 3.50. The van der Waals surface area contributed by atoms with Crippen molar-refractivity contribution < 1.29 is 44.3 Å². The number of para-hydroxylation sites is 1. The van der Waals surface area contributed by atoms with Crippen LogP contribution < -0.4 is 20.1 Å². The number of fused-ring (bicyclic) bond motifs is 2. The Hall–Kier alpha value is -4.01. The van der Waals surface area contributed by atoms with Crippen LogP contribution in [0, 0.1) is 0 Å². The largest absolute Gasteiger partial charge is 0.573 e. The minimum Gasteiger partial charge on any atom is -0.406 e. The van der Waals surface area contributed by atoms with Crippen molar-refractivity contribution in [3.63, 3.8) is 0 Å². The molecule has 8 nitrogen and oxygen atoms in total. The van der Waals surface area contributed by atoms with Gasteiger partial charge in [-0.05, 0) is 42.5 Å². The number of pyridine rings is 1. The standard InChI is InChI=1S/C21H14F6N4O4S/c22-20(23,24)16-9-4-11-10-31(17-14(18(28)32)2-1-3-15(17)29-19(11)30-16)36(33,34)13-7-5-12(6-8-13)35-21(25,26)27/h1-9H,10H2,(H2,28,32)(H,29,30). The number of anilines is 3. The second-order valence-electron chi connectivity index (χ2n) is 7.42. The lowest BCUT2D eigenvalue weighted by atomic mass is 10.1. The maximum absolute atomic E-state index is 13.6. The number of sulfonamides is 1. The minimum absolute atomic E-state index is 0.0234. The van der Waals surface area contributed by atoms with E-state index in [-0.39, 0.29) is 28.3 Å². The number of nitrogens with zero attached hydrogens (tertiary/aromatic N) is 2. The van der Waals surface area contributed by atoms with E-state index in [1.807, 2.05) is 0 Å². The lowest BCUT2D eigenvalue weighted by Crippen LogP contribution is -2.32. The van der Waals surface area contributed by atoms with Crippen LogP contribution in [0.5, 0.6) is 5.75 Å². The molecule has 1 aliphatic rings. The molecule has 0 saturated heterocycles. The predicted molar refractivity (Wildman–Crippen MR) is 114 cm³/mol. The van der Waals surface area contributed by atoms with Crippen LogP contribution in [0.15, 0.2) is 59.5 Å². The Morgan fingerprint density at radius 1 is 1.00 bits per heavy atom. The van der Waals surface area contributed by atoms with Gasteiger partial charge in [0.05, 0.1) is 28.4 Å². The van der Waals surface area contributed by atoms with Gasteiger partial charge in [-0.3, -0.25) is 9.10 Å². The van der Waals surface area contributed by atoms with Crippen LogP contribution in [-0.4, -0.2) is 25.7 Å². The fourth-order valence-corrected chi connectivity index (χ4v) is 4.98. The Morgan fingerprint density at radius 3 is 2.25 bits per heavy atom. The number of amides is 1. The monoisotopic (exact) mass is 532 g/mol. The molecule has 1 aromatic heterocycles. The number of carbonyl (C=O) groups is 1. The van der Waals surface area contributed by atoms with Crippen LogP contribution in [-0.2, 0) is 22.7 Å². The van der Waals surface area contributed by atoms with Crippen LogP contribution in [0.2, 0.25) is 0 Å². The summed E-state index contributed by atoms with van der Waals surface area (Å²) in [5, 5.41) is 2.63. The average Bonchev–Trinajstić information content (AvgIpc) is 2.94. The minimum atomic E-state index is -5.00. The normalized spacial score (nSPS) is 13.8. The third-order valence-corrected chi connectivity index (χ3v) is 6.79. The number of hydrogen-bond donors (Lipinski definition) is 2. The molecule has 36 heavy (non-hydrogen) atoms. The first kappa shape index (κ1) is 25.1. The molecule has 3 aromatic rings. The summed E-state index contributed by atoms with van der Waals surface area (Å²) in [4.78, 5) is 15.2. The Morgan fingerprint density at radius 2 is 1.67 bits per heavy atom. The molecule has 2 heterocycles. The van der Waals surface area contributed by atoms with Crippen molar-refractivity contribution in [1.82, 2.24) is 4.98 Å². The van der Waals surface area contributed by atoms with Crippen LogP contribution in [0.1, 0.15) is 21.6 Å². The van der Waals surface area contributed by atoms with Gasteiger partial charge in [0.2, 0.25) is 0 Å². The van der Waals surface area contributed by atoms with Crippen molar-refractivity contribution in [3.05, 3.63) is 71.4 Å². The van der Waals surface area contributed by atoms with Crippen molar-refractivity contribution in [2.24, 2.45) is 5.73 Å². The third kappa shape index (κ3) is 4.86. The highest BCUT2D eigenvalue weighted by atomic mass is 32.2. The van der Waals surface area contributed by atoms with Crippen LogP contribution >= 0.6 is 0 Å². The van der Waals surface area contributed by atoms with E-state index < -0.39 is 51.4 Å². The van der Waals surface area contributed by atoms with E-state index in [2.05, 4.69) is 15.0 Å². The predicted octanol–water partition coefficient (Wildman–Crippen LogP) is 4.55. The number of hydrogen-bond acceptors (Lipinski definition) is 6. The van der Waals surface area contributed by atoms with Gasteiger partial charge in [0.25, 0.3) is 15.9 Å². The number of rotatable bonds is 4. The first-order valence-corrected chi connectivity index (χ1v) is 11.3. The third-order valence-electron chi connectivity index (χ3n) is 5.03. The van der Waals surface area contributed by atoms with E-state index in [0.29, 0.717) is 6.07 Å². The highest BCUT2D eigenvalue weighted by Crippen LogP contribution is 2.41. The second-order valence-corrected chi connectivity index (χ2v) is 9.29. The summed E-state index contributed by atoms with van der Waals surface area (Å²) in [7, 11) is -4.60. The zero-order valence-corrected chi connectivity index (χ0v) is 18.5. The average molecular weight is 532 g/mol. The summed E-state index contributed by atoms with van der Waals surface area (Å²) < 4.78 is 109. The number of nitrogens with one attached hydrogen (secondary N) is 1. The lowest BCUT2D eigenvalue weighted by molar-refractivity contribution is -0.274. The highest BCUT2D eigenvalue weighted by molar-refractivity contribution is 7.92. The molecule has 3 N–H and O–H groups in total. The smallest absolute Gasteiger partial charge is 0.406 e. The first-order chi connectivity index (χ1) is 16.7. The van der Waals surface area contributed by atoms with Gasteiger partial charge in [-0.25, -0.2) is 13.4 Å². The van der Waals surface area contributed by atoms with Gasteiger partial charge in [0.15, 0.2) is 0 Å². The van der Waals surface area contributed by atoms with Gasteiger partial charge in [0, 0.05) is 5.56 Å². The zero-order chi connectivity index (χ0) is 26.5. The molecule has 190 valence electrons. The van der Waals surface area contributed by atoms with E-state index in [1.54, 1.807) is 0 Å². The van der Waals surface area contributed by atoms with Crippen LogP contribution in [0.3, 0.4) is 0 Å². The van der Waals surface area contributed by atoms with Gasteiger partial charge in [-0.2, -0.15) is 13.2 Å². The molecule has 0 bridgehead atoms. The van der Waals surface area contributed by atoms with Crippen molar-refractivity contribution >= 4 is 33.1 Å². The molecule has 0 aliphatic carbocycles. The van der Waals surface area contributed by atoms with Crippen molar-refractivity contribution in [1.29, 1.82) is 0 Å². The number of ether oxygens (including phenoxy) is 1. The molecule has 1 aliphatic heterocycles. The molecule has 1 amide bonds. The Labute approximate surface area is 199 Å². The first-order valence-electron chi connectivity index (χ1n) is 9.82. The van der Waals surface area contributed by atoms with E-state index >= 15 is 0 Å². The number of aromatic nitrogens is 1. The lowest BCUT2D eigenvalue weighted by Gasteiger charge is -2.26. The number of primary amides is 1. The number of alkyl halides is 6. The molecule has 4 rings (SSSR count).